The van der Waals surface area contributed by atoms with Gasteiger partial charge in [0, 0.05) is 12.5 Å². The van der Waals surface area contributed by atoms with Crippen LogP contribution < -0.4 is 0 Å². The van der Waals surface area contributed by atoms with Crippen LogP contribution in [-0.2, 0) is 0 Å². The van der Waals surface area contributed by atoms with Crippen molar-refractivity contribution in [3.63, 3.8) is 0 Å². The number of likely N-dealkylation sites (N-methyl/N-ethyl adjacent to an activating group) is 1. The lowest BCUT2D eigenvalue weighted by Gasteiger charge is -2.25. The summed E-state index contributed by atoms with van der Waals surface area (Å²) in [6.07, 6.45) is 2.14. The van der Waals surface area contributed by atoms with E-state index in [9.17, 15) is 5.11 Å². The lowest BCUT2D eigenvalue weighted by atomic mass is 9.85. The van der Waals surface area contributed by atoms with E-state index in [0.717, 1.165) is 17.7 Å². The van der Waals surface area contributed by atoms with Crippen molar-refractivity contribution in [2.24, 2.45) is 0 Å². The molecule has 0 aliphatic rings. The quantitative estimate of drug-likeness (QED) is 0.887. The summed E-state index contributed by atoms with van der Waals surface area (Å²) < 4.78 is 0. The first-order valence-corrected chi connectivity index (χ1v) is 7.53. The summed E-state index contributed by atoms with van der Waals surface area (Å²) in [7, 11) is 4.16. The molecule has 0 amide bonds. The Morgan fingerprint density at radius 3 is 2.50 bits per heavy atom. The van der Waals surface area contributed by atoms with E-state index in [1.165, 1.54) is 11.1 Å². The van der Waals surface area contributed by atoms with Crippen LogP contribution in [-0.4, -0.2) is 30.6 Å². The van der Waals surface area contributed by atoms with E-state index in [4.69, 9.17) is 0 Å². The molecule has 1 N–H and O–H groups in total. The van der Waals surface area contributed by atoms with Gasteiger partial charge in [-0.15, -0.1) is 0 Å². The Hall–Kier alpha value is -2.06. The smallest absolute Gasteiger partial charge is 0.116 e. The van der Waals surface area contributed by atoms with Crippen LogP contribution >= 0.6 is 0 Å². The maximum Gasteiger partial charge on any atom is 0.116 e. The number of allylic oxidation sites excluding steroid dienone is 1. The molecule has 0 bridgehead atoms. The van der Waals surface area contributed by atoms with Gasteiger partial charge in [-0.1, -0.05) is 42.5 Å². The average molecular weight is 294 g/mol. The van der Waals surface area contributed by atoms with E-state index in [0.29, 0.717) is 5.75 Å². The molecule has 0 saturated carbocycles. The highest BCUT2D eigenvalue weighted by Gasteiger charge is 2.19. The summed E-state index contributed by atoms with van der Waals surface area (Å²) >= 11 is 0. The largest absolute Gasteiger partial charge is 0.508 e. The molecule has 0 spiro atoms. The number of rotatable bonds is 5. The molecule has 0 aliphatic heterocycles. The fourth-order valence-electron chi connectivity index (χ4n) is 2.81. The number of hydrogen-bond acceptors (Lipinski definition) is 2. The summed E-state index contributed by atoms with van der Waals surface area (Å²) in [6.45, 7) is 6.99. The molecule has 1 atom stereocenters. The molecule has 1 radical (unpaired) electrons. The number of phenolic OH excluding ortho intramolecular Hbond substituents is 1. The van der Waals surface area contributed by atoms with E-state index in [1.807, 2.05) is 24.3 Å². The van der Waals surface area contributed by atoms with Crippen molar-refractivity contribution in [2.45, 2.75) is 12.8 Å². The maximum atomic E-state index is 9.79. The van der Waals surface area contributed by atoms with Gasteiger partial charge in [0.05, 0.1) is 0 Å². The van der Waals surface area contributed by atoms with E-state index < -0.39 is 0 Å². The van der Waals surface area contributed by atoms with Crippen molar-refractivity contribution < 1.29 is 5.11 Å². The molecule has 1 unspecified atom stereocenters. The zero-order valence-corrected chi connectivity index (χ0v) is 13.6. The van der Waals surface area contributed by atoms with Gasteiger partial charge in [-0.25, -0.2) is 0 Å². The van der Waals surface area contributed by atoms with Gasteiger partial charge >= 0.3 is 0 Å². The molecule has 0 aromatic heterocycles. The van der Waals surface area contributed by atoms with Crippen LogP contribution in [0.3, 0.4) is 0 Å². The summed E-state index contributed by atoms with van der Waals surface area (Å²) in [4.78, 5) is 2.19. The fourth-order valence-corrected chi connectivity index (χ4v) is 2.81. The van der Waals surface area contributed by atoms with E-state index in [-0.39, 0.29) is 5.92 Å². The Kier molecular flexibility index (Phi) is 5.40. The Morgan fingerprint density at radius 1 is 1.18 bits per heavy atom. The van der Waals surface area contributed by atoms with E-state index in [1.54, 1.807) is 6.07 Å². The van der Waals surface area contributed by atoms with Gasteiger partial charge in [-0.2, -0.15) is 0 Å². The van der Waals surface area contributed by atoms with Crippen molar-refractivity contribution >= 4 is 5.57 Å². The molecule has 2 nitrogen and oxygen atoms in total. The monoisotopic (exact) mass is 294 g/mol. The van der Waals surface area contributed by atoms with Gasteiger partial charge < -0.3 is 10.0 Å². The Labute approximate surface area is 133 Å². The predicted octanol–water partition coefficient (Wildman–Crippen LogP) is 4.32. The van der Waals surface area contributed by atoms with Crippen LogP contribution in [0.2, 0.25) is 0 Å². The number of nitrogens with zero attached hydrogens (tertiary/aromatic N) is 1. The van der Waals surface area contributed by atoms with Crippen molar-refractivity contribution in [1.29, 1.82) is 0 Å². The second-order valence-electron chi connectivity index (χ2n) is 5.85. The first-order valence-electron chi connectivity index (χ1n) is 7.53. The molecule has 22 heavy (non-hydrogen) atoms. The van der Waals surface area contributed by atoms with Crippen LogP contribution in [0.25, 0.3) is 5.57 Å². The van der Waals surface area contributed by atoms with Crippen molar-refractivity contribution in [3.8, 4) is 5.75 Å². The summed E-state index contributed by atoms with van der Waals surface area (Å²) in [5, 5.41) is 9.79. The molecule has 0 saturated heterocycles. The standard InChI is InChI=1S/C20H24NO/c1-5-19(17-10-7-11-18(22)13-17)20(14-21(3)4)16-9-6-8-15(2)12-16/h5-13,20,22H,2,14H2,1,3-4H3/b19-5-. The van der Waals surface area contributed by atoms with Crippen LogP contribution in [0.15, 0.2) is 54.6 Å². The molecule has 115 valence electrons. The van der Waals surface area contributed by atoms with Crippen molar-refractivity contribution in [3.05, 3.63) is 78.2 Å². The van der Waals surface area contributed by atoms with Gasteiger partial charge in [-0.05, 0) is 62.3 Å². The number of benzene rings is 2. The normalized spacial score (nSPS) is 13.4. The Morgan fingerprint density at radius 2 is 1.91 bits per heavy atom. The zero-order chi connectivity index (χ0) is 16.1. The lowest BCUT2D eigenvalue weighted by molar-refractivity contribution is 0.399. The average Bonchev–Trinajstić information content (AvgIpc) is 2.47. The molecule has 2 heteroatoms. The molecule has 0 fully saturated rings. The van der Waals surface area contributed by atoms with Crippen LogP contribution in [0.4, 0.5) is 0 Å². The van der Waals surface area contributed by atoms with Crippen LogP contribution in [0, 0.1) is 6.92 Å². The molecule has 2 aromatic carbocycles. The SMILES string of the molecule is [CH2]c1cccc(C(CN(C)C)/C(=C\C)c2cccc(O)c2)c1. The third-order valence-corrected chi connectivity index (χ3v) is 3.77. The Bertz CT molecular complexity index is 658. The highest BCUT2D eigenvalue weighted by atomic mass is 16.3. The van der Waals surface area contributed by atoms with Gasteiger partial charge in [-0.3, -0.25) is 0 Å². The molecule has 2 aromatic rings. The topological polar surface area (TPSA) is 23.5 Å². The lowest BCUT2D eigenvalue weighted by Crippen LogP contribution is -2.21. The molecular weight excluding hydrogens is 270 g/mol. The first kappa shape index (κ1) is 16.3. The number of aromatic hydroxyl groups is 1. The molecule has 0 heterocycles. The van der Waals surface area contributed by atoms with Gasteiger partial charge in [0.1, 0.15) is 5.75 Å². The predicted molar refractivity (Wildman–Crippen MR) is 94.0 cm³/mol. The van der Waals surface area contributed by atoms with Gasteiger partial charge in [0.2, 0.25) is 0 Å². The number of hydrogen-bond donors (Lipinski definition) is 1. The van der Waals surface area contributed by atoms with Crippen molar-refractivity contribution in [2.75, 3.05) is 20.6 Å². The molecular formula is C20H24NO. The van der Waals surface area contributed by atoms with E-state index in [2.05, 4.69) is 57.1 Å². The fraction of sp³-hybridized carbons (Fsp3) is 0.250. The summed E-state index contributed by atoms with van der Waals surface area (Å²) in [5.74, 6) is 0.537. The second kappa shape index (κ2) is 7.28. The first-order chi connectivity index (χ1) is 10.5. The minimum absolute atomic E-state index is 0.239. The minimum atomic E-state index is 0.239. The number of phenols is 1. The highest BCUT2D eigenvalue weighted by Crippen LogP contribution is 2.34. The van der Waals surface area contributed by atoms with Crippen molar-refractivity contribution in [1.82, 2.24) is 4.90 Å². The third kappa shape index (κ3) is 3.99. The van der Waals surface area contributed by atoms with Crippen LogP contribution in [0.1, 0.15) is 29.5 Å². The highest BCUT2D eigenvalue weighted by molar-refractivity contribution is 5.72. The molecule has 0 aliphatic carbocycles. The molecule has 2 rings (SSSR count). The zero-order valence-electron chi connectivity index (χ0n) is 13.6. The summed E-state index contributed by atoms with van der Waals surface area (Å²) in [6, 6.07) is 15.8. The maximum absolute atomic E-state index is 9.79. The van der Waals surface area contributed by atoms with E-state index >= 15 is 0 Å². The third-order valence-electron chi connectivity index (χ3n) is 3.77. The second-order valence-corrected chi connectivity index (χ2v) is 5.85. The van der Waals surface area contributed by atoms with Crippen LogP contribution in [0.5, 0.6) is 5.75 Å². The van der Waals surface area contributed by atoms with Gasteiger partial charge in [0.15, 0.2) is 0 Å². The van der Waals surface area contributed by atoms with Gasteiger partial charge in [0.25, 0.3) is 0 Å². The summed E-state index contributed by atoms with van der Waals surface area (Å²) in [5.41, 5.74) is 4.55. The minimum Gasteiger partial charge on any atom is -0.508 e. The Balaban J connectivity index is 2.47.